The van der Waals surface area contributed by atoms with Gasteiger partial charge in [-0.3, -0.25) is 9.98 Å². The molecule has 0 saturated heterocycles. The number of hydrogen-bond donors (Lipinski definition) is 2. The summed E-state index contributed by atoms with van der Waals surface area (Å²) in [5, 5.41) is 52.7. The third kappa shape index (κ3) is 14.9. The van der Waals surface area contributed by atoms with Crippen molar-refractivity contribution >= 4 is 108 Å². The summed E-state index contributed by atoms with van der Waals surface area (Å²) < 4.78 is 2.32. The Kier molecular flexibility index (Phi) is 22.2. The first kappa shape index (κ1) is 77.0. The summed E-state index contributed by atoms with van der Waals surface area (Å²) >= 11 is 6.66. The average molecular weight is 1640 g/mol. The van der Waals surface area contributed by atoms with Crippen LogP contribution in [0.3, 0.4) is 0 Å². The maximum Gasteiger partial charge on any atom is 2.00 e. The number of para-hydroxylation sites is 4. The van der Waals surface area contributed by atoms with Crippen molar-refractivity contribution in [1.29, 1.82) is 0 Å². The zero-order valence-electron chi connectivity index (χ0n) is 63.0. The van der Waals surface area contributed by atoms with Crippen molar-refractivity contribution in [2.45, 2.75) is 28.0 Å². The van der Waals surface area contributed by atoms with Gasteiger partial charge in [-0.15, -0.1) is 0 Å². The maximum absolute atomic E-state index is 12.6. The number of thioether (sulfide) groups is 2. The van der Waals surface area contributed by atoms with Gasteiger partial charge in [0.25, 0.3) is 10.0 Å². The molecule has 17 aromatic rings. The van der Waals surface area contributed by atoms with Crippen LogP contribution in [0.4, 0.5) is 0 Å². The first-order valence-electron chi connectivity index (χ1n) is 37.9. The van der Waals surface area contributed by atoms with Gasteiger partial charge in [-0.05, 0) is 121 Å². The molecular formula is C100H69BeN7O4S4Zn+2. The molecule has 4 atom stereocenters. The van der Waals surface area contributed by atoms with Gasteiger partial charge in [0.05, 0.1) is 39.1 Å². The van der Waals surface area contributed by atoms with E-state index in [2.05, 4.69) is 184 Å². The van der Waals surface area contributed by atoms with Gasteiger partial charge in [0.2, 0.25) is 11.0 Å². The molecule has 2 aliphatic heterocycles. The Morgan fingerprint density at radius 1 is 0.325 bits per heavy atom. The molecule has 1 spiro atoms. The largest absolute Gasteiger partial charge is 2.00 e. The summed E-state index contributed by atoms with van der Waals surface area (Å²) in [7, 11) is 0. The Balaban J connectivity index is 0.000000112. The molecule has 17 heteroatoms. The number of fused-ring (bicyclic) bond motifs is 16. The zero-order valence-corrected chi connectivity index (χ0v) is 69.3. The molecule has 0 radical (unpaired) electrons. The molecule has 4 unspecified atom stereocenters. The molecule has 554 valence electrons. The van der Waals surface area contributed by atoms with E-state index in [1.54, 1.807) is 58.3 Å². The molecule has 0 amide bonds. The minimum Gasteiger partial charge on any atom is -0.871 e. The fraction of sp³-hybridized carbons (Fsp3) is 0.0500. The number of hydrogen-bond acceptors (Lipinski definition) is 13. The average Bonchev–Trinajstić information content (AvgIpc) is 1.51. The van der Waals surface area contributed by atoms with Crippen LogP contribution in [-0.4, -0.2) is 68.0 Å². The van der Waals surface area contributed by atoms with E-state index in [0.29, 0.717) is 39.5 Å². The Hall–Kier alpha value is -12.6. The van der Waals surface area contributed by atoms with E-state index < -0.39 is 5.41 Å². The second kappa shape index (κ2) is 33.7. The molecule has 0 bridgehead atoms. The summed E-state index contributed by atoms with van der Waals surface area (Å²) in [6.45, 7) is 0. The van der Waals surface area contributed by atoms with E-state index >= 15 is 0 Å². The molecule has 3 aromatic heterocycles. The van der Waals surface area contributed by atoms with Crippen LogP contribution in [0, 0.1) is 0 Å². The van der Waals surface area contributed by atoms with E-state index in [4.69, 9.17) is 15.0 Å². The van der Waals surface area contributed by atoms with Crippen molar-refractivity contribution in [2.75, 3.05) is 0 Å². The first-order valence-corrected chi connectivity index (χ1v) is 41.3. The summed E-state index contributed by atoms with van der Waals surface area (Å²) in [5.41, 5.74) is 18.2. The second-order valence-corrected chi connectivity index (χ2v) is 32.6. The minimum absolute atomic E-state index is 0. The Labute approximate surface area is 709 Å². The third-order valence-corrected chi connectivity index (χ3v) is 26.0. The number of benzene rings is 14. The van der Waals surface area contributed by atoms with Crippen LogP contribution in [0.5, 0.6) is 23.0 Å². The first-order chi connectivity index (χ1) is 56.7. The molecular weight excluding hydrogens is 1570 g/mol. The maximum atomic E-state index is 12.6. The van der Waals surface area contributed by atoms with E-state index in [0.717, 1.165) is 101 Å². The smallest absolute Gasteiger partial charge is 0.871 e. The van der Waals surface area contributed by atoms with Crippen molar-refractivity contribution in [3.8, 4) is 101 Å². The van der Waals surface area contributed by atoms with E-state index in [1.165, 1.54) is 44.5 Å². The molecule has 4 aliphatic carbocycles. The summed E-state index contributed by atoms with van der Waals surface area (Å²) in [4.78, 5) is 30.9. The normalized spacial score (nSPS) is 16.0. The van der Waals surface area contributed by atoms with Crippen molar-refractivity contribution in [3.63, 3.8) is 0 Å². The van der Waals surface area contributed by atoms with Crippen LogP contribution in [0.25, 0.3) is 120 Å². The number of H-pyrrole nitrogens is 2. The van der Waals surface area contributed by atoms with Crippen molar-refractivity contribution in [3.05, 3.63) is 404 Å². The molecule has 5 heterocycles. The number of nitrogens with zero attached hydrogens (tertiary/aromatic N) is 5. The van der Waals surface area contributed by atoms with Crippen LogP contribution in [0.2, 0.25) is 0 Å². The van der Waals surface area contributed by atoms with Crippen molar-refractivity contribution in [1.82, 2.24) is 15.0 Å². The fourth-order valence-corrected chi connectivity index (χ4v) is 20.3. The predicted octanol–water partition coefficient (Wildman–Crippen LogP) is 21.5. The number of aromatic nitrogens is 5. The summed E-state index contributed by atoms with van der Waals surface area (Å²) in [6, 6.07) is 108. The van der Waals surface area contributed by atoms with Gasteiger partial charge < -0.3 is 20.4 Å². The molecule has 0 fully saturated rings. The number of aromatic amines is 2. The van der Waals surface area contributed by atoms with Gasteiger partial charge in [-0.1, -0.05) is 361 Å². The standard InChI is InChI=1S/C40H25N3.2C17H11NOS.2C13H11NOS.Be.Zn/c1-3-13-26(14-4-1)37-41-38(27-15-5-2-6-16-27)43-39(42-37)28-23-24-32-31-19-9-12-22-35(31)40(36(32)25-28)33-20-10-7-17-29(33)30-18-8-11-21-34(30)40;2*19-16-12-6-2-1-5-11(12)9-10-13(16)17-18-14-7-3-4-8-15(14)20-17;2*15-11-7-3-1-5-9(11)13-14-10-6-2-4-8-12(10)16-13;;/h1-25H;2*1-10,19H;2*1-8,10,12,15H;;/q;;;;;+2;. The SMILES string of the molecule is Oc1ccccc1C1=NC2C=CC=CC2S1.Oc1ccccc1C1=NC2C=CC=CC2S1.[Be+2].[O-]c1c(-c2[nH+]c3ccccc3s2)ccc2ccccc12.[O-]c1c(-c2[nH+]c3ccccc3s2)ccc2ccccc12.[Zn].c1ccc(-c2nc(-c3ccccc3)nc(-c3ccc4c(c3)C3(c5ccccc5-c5ccccc53)c3ccccc3-4)n2)cc1. The van der Waals surface area contributed by atoms with Crippen LogP contribution < -0.4 is 20.2 Å². The van der Waals surface area contributed by atoms with Gasteiger partial charge in [0.1, 0.15) is 31.0 Å². The van der Waals surface area contributed by atoms with Gasteiger partial charge in [-0.25, -0.2) is 15.0 Å². The number of phenolic OH excluding ortho intramolecular Hbond substituents is 2. The van der Waals surface area contributed by atoms with Gasteiger partial charge in [0.15, 0.2) is 17.5 Å². The molecule has 6 aliphatic rings. The number of aromatic hydroxyl groups is 2. The number of aliphatic imine (C=N–C) groups is 2. The number of allylic oxidation sites excluding steroid dienone is 4. The number of rotatable bonds is 7. The van der Waals surface area contributed by atoms with Crippen LogP contribution in [-0.2, 0) is 24.9 Å². The van der Waals surface area contributed by atoms with Gasteiger partial charge in [0, 0.05) is 59.4 Å². The third-order valence-electron chi connectivity index (χ3n) is 21.3. The summed E-state index contributed by atoms with van der Waals surface area (Å²) in [5.74, 6) is 2.79. The molecule has 4 N–H and O–H groups in total. The predicted molar refractivity (Wildman–Crippen MR) is 476 cm³/mol. The van der Waals surface area contributed by atoms with E-state index in [-0.39, 0.29) is 53.2 Å². The number of nitrogens with one attached hydrogen (secondary N) is 2. The molecule has 14 aromatic carbocycles. The van der Waals surface area contributed by atoms with Crippen LogP contribution in [0.1, 0.15) is 33.4 Å². The number of phenols is 2. The van der Waals surface area contributed by atoms with Crippen LogP contribution >= 0.6 is 46.2 Å². The molecule has 0 saturated carbocycles. The quantitative estimate of drug-likeness (QED) is 0.147. The van der Waals surface area contributed by atoms with E-state index in [1.807, 2.05) is 194 Å². The topological polar surface area (TPSA) is 178 Å². The second-order valence-electron chi connectivity index (χ2n) is 28.2. The van der Waals surface area contributed by atoms with Gasteiger partial charge >= 0.3 is 10.1 Å². The minimum atomic E-state index is -0.410. The Morgan fingerprint density at radius 3 is 1.10 bits per heavy atom. The zero-order chi connectivity index (χ0) is 77.4. The van der Waals surface area contributed by atoms with Crippen LogP contribution in [0.15, 0.2) is 380 Å². The van der Waals surface area contributed by atoms with Crippen molar-refractivity contribution in [2.24, 2.45) is 9.98 Å². The van der Waals surface area contributed by atoms with Crippen molar-refractivity contribution < 1.29 is 49.9 Å². The molecule has 11 nitrogen and oxygen atoms in total. The Bertz CT molecular complexity index is 6390. The monoisotopic (exact) mass is 1630 g/mol. The molecule has 23 rings (SSSR count). The summed E-state index contributed by atoms with van der Waals surface area (Å²) in [6.07, 6.45) is 16.7. The fourth-order valence-electron chi connectivity index (χ4n) is 15.9. The number of thiazole rings is 2. The van der Waals surface area contributed by atoms with Gasteiger partial charge in [-0.2, -0.15) is 9.97 Å². The van der Waals surface area contributed by atoms with E-state index in [9.17, 15) is 20.4 Å². The molecule has 117 heavy (non-hydrogen) atoms. The Morgan fingerprint density at radius 2 is 0.675 bits per heavy atom.